The number of rotatable bonds is 2. The van der Waals surface area contributed by atoms with Crippen molar-refractivity contribution < 1.29 is 4.74 Å². The molecule has 258 valence electrons. The number of benzene rings is 5. The quantitative estimate of drug-likeness (QED) is 0.166. The van der Waals surface area contributed by atoms with Crippen molar-refractivity contribution in [1.29, 1.82) is 5.26 Å². The van der Waals surface area contributed by atoms with E-state index in [2.05, 4.69) is 91.8 Å². The van der Waals surface area contributed by atoms with Gasteiger partial charge >= 0.3 is 0 Å². The molecule has 0 atom stereocenters. The molecule has 0 radical (unpaired) electrons. The van der Waals surface area contributed by atoms with E-state index in [1.54, 1.807) is 6.20 Å². The summed E-state index contributed by atoms with van der Waals surface area (Å²) in [7, 11) is 0. The second-order valence-corrected chi connectivity index (χ2v) is 14.2. The molecule has 0 unspecified atom stereocenters. The SMILES string of the molecule is [C-]#[N+]c1ccc2c(c1)c1ccccc1n2-c1ccc2c(c1)C1(c3cc(-n4c5ccc(C#N)cc5c5ccncc54)ccc3O2)c2cccnc2-c2ncccc21. The Morgan fingerprint density at radius 3 is 1.89 bits per heavy atom. The first-order valence-electron chi connectivity index (χ1n) is 18.3. The minimum absolute atomic E-state index is 0.604. The Bertz CT molecular complexity index is 3220. The van der Waals surface area contributed by atoms with E-state index >= 15 is 0 Å². The molecule has 10 aromatic rings. The van der Waals surface area contributed by atoms with Gasteiger partial charge < -0.3 is 13.9 Å². The predicted octanol–water partition coefficient (Wildman–Crippen LogP) is 11.0. The Hall–Kier alpha value is -8.07. The fraction of sp³-hybridized carbons (Fsp3) is 0.0208. The fourth-order valence-electron chi connectivity index (χ4n) is 9.39. The summed E-state index contributed by atoms with van der Waals surface area (Å²) in [6.07, 6.45) is 7.35. The van der Waals surface area contributed by atoms with E-state index in [0.29, 0.717) is 11.3 Å². The molecule has 0 fully saturated rings. The molecule has 1 aliphatic carbocycles. The zero-order chi connectivity index (χ0) is 37.1. The lowest BCUT2D eigenvalue weighted by Crippen LogP contribution is -2.32. The summed E-state index contributed by atoms with van der Waals surface area (Å²) in [5.74, 6) is 1.50. The van der Waals surface area contributed by atoms with Gasteiger partial charge in [0.25, 0.3) is 0 Å². The first kappa shape index (κ1) is 30.4. The molecular weight excluding hydrogens is 691 g/mol. The Morgan fingerprint density at radius 1 is 0.571 bits per heavy atom. The first-order valence-corrected chi connectivity index (χ1v) is 18.3. The van der Waals surface area contributed by atoms with Gasteiger partial charge in [-0.1, -0.05) is 36.4 Å². The van der Waals surface area contributed by atoms with Crippen LogP contribution in [0, 0.1) is 17.9 Å². The molecule has 5 aromatic heterocycles. The highest BCUT2D eigenvalue weighted by Crippen LogP contribution is 2.62. The summed E-state index contributed by atoms with van der Waals surface area (Å²) in [6, 6.07) is 45.6. The highest BCUT2D eigenvalue weighted by atomic mass is 16.5. The van der Waals surface area contributed by atoms with E-state index in [1.165, 1.54) is 0 Å². The van der Waals surface area contributed by atoms with Crippen molar-refractivity contribution in [3.05, 3.63) is 191 Å². The normalized spacial score (nSPS) is 13.2. The average molecular weight is 716 g/mol. The van der Waals surface area contributed by atoms with Crippen molar-refractivity contribution in [1.82, 2.24) is 24.1 Å². The van der Waals surface area contributed by atoms with Crippen molar-refractivity contribution in [3.63, 3.8) is 0 Å². The molecule has 0 N–H and O–H groups in total. The highest BCUT2D eigenvalue weighted by molar-refractivity contribution is 6.11. The van der Waals surface area contributed by atoms with Crippen molar-refractivity contribution in [2.45, 2.75) is 5.41 Å². The largest absolute Gasteiger partial charge is 0.457 e. The van der Waals surface area contributed by atoms with Crippen LogP contribution in [0.5, 0.6) is 11.5 Å². The molecule has 56 heavy (non-hydrogen) atoms. The number of hydrogen-bond acceptors (Lipinski definition) is 5. The zero-order valence-corrected chi connectivity index (χ0v) is 29.5. The summed E-state index contributed by atoms with van der Waals surface area (Å²) in [5.41, 5.74) is 11.9. The molecule has 0 saturated carbocycles. The van der Waals surface area contributed by atoms with Crippen LogP contribution in [0.3, 0.4) is 0 Å². The number of pyridine rings is 3. The number of para-hydroxylation sites is 1. The lowest BCUT2D eigenvalue weighted by Gasteiger charge is -2.39. The van der Waals surface area contributed by atoms with Gasteiger partial charge in [-0.15, -0.1) is 0 Å². The molecule has 0 bridgehead atoms. The Labute approximate surface area is 319 Å². The number of hydrogen-bond donors (Lipinski definition) is 0. The lowest BCUT2D eigenvalue weighted by molar-refractivity contribution is 0.436. The average Bonchev–Trinajstić information content (AvgIpc) is 3.88. The maximum Gasteiger partial charge on any atom is 0.188 e. The van der Waals surface area contributed by atoms with Gasteiger partial charge in [-0.25, -0.2) is 4.85 Å². The second-order valence-electron chi connectivity index (χ2n) is 14.2. The first-order chi connectivity index (χ1) is 27.7. The minimum Gasteiger partial charge on any atom is -0.457 e. The molecule has 8 heteroatoms. The third kappa shape index (κ3) is 3.81. The molecule has 1 spiro atoms. The van der Waals surface area contributed by atoms with Crippen LogP contribution >= 0.6 is 0 Å². The topological polar surface area (TPSA) is 85.9 Å². The smallest absolute Gasteiger partial charge is 0.188 e. The second kappa shape index (κ2) is 11.0. The molecule has 8 nitrogen and oxygen atoms in total. The van der Waals surface area contributed by atoms with Crippen LogP contribution in [-0.4, -0.2) is 24.1 Å². The number of fused-ring (bicyclic) bond motifs is 15. The van der Waals surface area contributed by atoms with E-state index in [4.69, 9.17) is 21.3 Å². The predicted molar refractivity (Wildman–Crippen MR) is 217 cm³/mol. The molecule has 5 aromatic carbocycles. The summed E-state index contributed by atoms with van der Waals surface area (Å²) in [5, 5.41) is 13.9. The van der Waals surface area contributed by atoms with E-state index in [9.17, 15) is 5.26 Å². The van der Waals surface area contributed by atoms with Gasteiger partial charge in [-0.05, 0) is 108 Å². The van der Waals surface area contributed by atoms with Crippen LogP contribution in [0.4, 0.5) is 5.69 Å². The Balaban J connectivity index is 1.18. The van der Waals surface area contributed by atoms with Gasteiger partial charge in [0.15, 0.2) is 5.69 Å². The van der Waals surface area contributed by atoms with Gasteiger partial charge in [-0.3, -0.25) is 15.0 Å². The molecule has 2 aliphatic rings. The maximum atomic E-state index is 9.78. The zero-order valence-electron chi connectivity index (χ0n) is 29.5. The summed E-state index contributed by atoms with van der Waals surface area (Å²) in [4.78, 5) is 18.2. The van der Waals surface area contributed by atoms with Crippen molar-refractivity contribution in [2.24, 2.45) is 0 Å². The van der Waals surface area contributed by atoms with Crippen LogP contribution in [0.25, 0.3) is 71.2 Å². The molecule has 1 aliphatic heterocycles. The third-order valence-electron chi connectivity index (χ3n) is 11.6. The molecule has 0 amide bonds. The number of nitriles is 1. The number of aromatic nitrogens is 5. The van der Waals surface area contributed by atoms with Crippen LogP contribution in [-0.2, 0) is 5.41 Å². The maximum absolute atomic E-state index is 9.78. The highest BCUT2D eigenvalue weighted by Gasteiger charge is 2.52. The van der Waals surface area contributed by atoms with E-state index < -0.39 is 5.41 Å². The lowest BCUT2D eigenvalue weighted by atomic mass is 9.66. The van der Waals surface area contributed by atoms with Gasteiger partial charge in [0.2, 0.25) is 0 Å². The standard InChI is InChI=1S/C48H25N7O/c1-50-29-11-15-42-35(23-29)32-6-2-3-9-40(32)54(42)30-12-16-44-38(24-30)48(36-7-4-19-52-46(36)47-37(48)8-5-20-53-47)39-25-31(13-17-45(39)56-44)55-41-14-10-28(26-49)22-34(41)33-18-21-51-27-43(33)55/h2-25,27H. The van der Waals surface area contributed by atoms with Crippen LogP contribution in [0.1, 0.15) is 27.8 Å². The molecular formula is C48H25N7O. The monoisotopic (exact) mass is 715 g/mol. The van der Waals surface area contributed by atoms with Gasteiger partial charge in [0, 0.05) is 57.3 Å². The van der Waals surface area contributed by atoms with Crippen LogP contribution in [0.15, 0.2) is 152 Å². The minimum atomic E-state index is -0.844. The third-order valence-corrected chi connectivity index (χ3v) is 11.6. The van der Waals surface area contributed by atoms with Gasteiger partial charge in [-0.2, -0.15) is 5.26 Å². The summed E-state index contributed by atoms with van der Waals surface area (Å²) >= 11 is 0. The molecule has 12 rings (SSSR count). The molecule has 0 saturated heterocycles. The van der Waals surface area contributed by atoms with Crippen molar-refractivity contribution in [2.75, 3.05) is 0 Å². The summed E-state index contributed by atoms with van der Waals surface area (Å²) < 4.78 is 11.4. The fourth-order valence-corrected chi connectivity index (χ4v) is 9.39. The van der Waals surface area contributed by atoms with Crippen molar-refractivity contribution in [3.8, 4) is 40.3 Å². The number of nitrogens with zero attached hydrogens (tertiary/aromatic N) is 7. The molecule has 6 heterocycles. The van der Waals surface area contributed by atoms with E-state index in [-0.39, 0.29) is 0 Å². The van der Waals surface area contributed by atoms with Crippen LogP contribution in [0.2, 0.25) is 0 Å². The van der Waals surface area contributed by atoms with E-state index in [1.807, 2.05) is 79.3 Å². The van der Waals surface area contributed by atoms with Crippen LogP contribution < -0.4 is 4.74 Å². The van der Waals surface area contributed by atoms with Gasteiger partial charge in [0.1, 0.15) is 11.5 Å². The van der Waals surface area contributed by atoms with Gasteiger partial charge in [0.05, 0.1) is 63.3 Å². The Morgan fingerprint density at radius 2 is 1.20 bits per heavy atom. The summed E-state index contributed by atoms with van der Waals surface area (Å²) in [6.45, 7) is 7.71. The Kier molecular flexibility index (Phi) is 5.96. The van der Waals surface area contributed by atoms with E-state index in [0.717, 1.165) is 100 Å². The van der Waals surface area contributed by atoms with Crippen molar-refractivity contribution >= 4 is 49.3 Å². The number of ether oxygens (including phenoxy) is 1.